The molecule has 1 aliphatic heterocycles. The smallest absolute Gasteiger partial charge is 0.240 e. The number of halogens is 1. The second-order valence-corrected chi connectivity index (χ2v) is 7.88. The first kappa shape index (κ1) is 17.9. The van der Waals surface area contributed by atoms with Crippen molar-refractivity contribution in [3.8, 4) is 6.07 Å². The van der Waals surface area contributed by atoms with Gasteiger partial charge in [-0.25, -0.2) is 9.37 Å². The summed E-state index contributed by atoms with van der Waals surface area (Å²) in [6.45, 7) is 2.98. The summed E-state index contributed by atoms with van der Waals surface area (Å²) in [5.41, 5.74) is 1.84. The van der Waals surface area contributed by atoms with Gasteiger partial charge in [0.2, 0.25) is 5.91 Å². The largest absolute Gasteiger partial charge is 0.368 e. The number of piperazine rings is 1. The van der Waals surface area contributed by atoms with Crippen LogP contribution in [0.1, 0.15) is 22.6 Å². The maximum absolute atomic E-state index is 13.8. The molecule has 2 heterocycles. The predicted molar refractivity (Wildman–Crippen MR) is 103 cm³/mol. The van der Waals surface area contributed by atoms with Crippen molar-refractivity contribution >= 4 is 28.1 Å². The Morgan fingerprint density at radius 1 is 1.30 bits per heavy atom. The Morgan fingerprint density at radius 2 is 2.11 bits per heavy atom. The number of amides is 1. The number of carbonyl (C=O) groups excluding carboxylic acids is 1. The van der Waals surface area contributed by atoms with Crippen LogP contribution in [-0.4, -0.2) is 48.5 Å². The highest BCUT2D eigenvalue weighted by molar-refractivity contribution is 7.15. The summed E-state index contributed by atoms with van der Waals surface area (Å²) in [4.78, 5) is 22.2. The third kappa shape index (κ3) is 3.80. The zero-order valence-electron chi connectivity index (χ0n) is 14.9. The topological polar surface area (TPSA) is 72.3 Å². The fourth-order valence-corrected chi connectivity index (χ4v) is 4.71. The first-order valence-electron chi connectivity index (χ1n) is 9.08. The molecule has 0 unspecified atom stereocenters. The summed E-state index contributed by atoms with van der Waals surface area (Å²) in [5, 5.41) is 12.8. The van der Waals surface area contributed by atoms with Gasteiger partial charge in [0.05, 0.1) is 17.9 Å². The van der Waals surface area contributed by atoms with E-state index in [0.29, 0.717) is 43.5 Å². The van der Waals surface area contributed by atoms with Gasteiger partial charge in [0.15, 0.2) is 5.13 Å². The number of thiazole rings is 1. The van der Waals surface area contributed by atoms with E-state index in [-0.39, 0.29) is 11.5 Å². The molecule has 1 N–H and O–H groups in total. The average Bonchev–Trinajstić information content (AvgIpc) is 3.23. The Morgan fingerprint density at radius 3 is 2.85 bits per heavy atom. The predicted octanol–water partition coefficient (Wildman–Crippen LogP) is 2.40. The van der Waals surface area contributed by atoms with Crippen LogP contribution in [0.25, 0.3) is 0 Å². The van der Waals surface area contributed by atoms with Crippen LogP contribution < -0.4 is 10.2 Å². The van der Waals surface area contributed by atoms with Crippen molar-refractivity contribution in [2.24, 2.45) is 0 Å². The number of hydrogen-bond donors (Lipinski definition) is 1. The van der Waals surface area contributed by atoms with Crippen molar-refractivity contribution in [3.05, 3.63) is 40.2 Å². The molecule has 1 fully saturated rings. The molecule has 1 aromatic heterocycles. The molecule has 1 amide bonds. The van der Waals surface area contributed by atoms with Gasteiger partial charge in [0.25, 0.3) is 0 Å². The summed E-state index contributed by atoms with van der Waals surface area (Å²) in [6.07, 6.45) is 3.23. The first-order chi connectivity index (χ1) is 13.1. The monoisotopic (exact) mass is 385 g/mol. The quantitative estimate of drug-likeness (QED) is 0.875. The van der Waals surface area contributed by atoms with Crippen LogP contribution >= 0.6 is 11.3 Å². The second-order valence-electron chi connectivity index (χ2n) is 6.80. The van der Waals surface area contributed by atoms with E-state index in [1.165, 1.54) is 10.9 Å². The highest BCUT2D eigenvalue weighted by atomic mass is 32.1. The van der Waals surface area contributed by atoms with Gasteiger partial charge >= 0.3 is 0 Å². The first-order valence-corrected chi connectivity index (χ1v) is 9.90. The lowest BCUT2D eigenvalue weighted by Crippen LogP contribution is -2.48. The number of carbonyl (C=O) groups is 1. The van der Waals surface area contributed by atoms with E-state index in [0.717, 1.165) is 25.0 Å². The van der Waals surface area contributed by atoms with Crippen molar-refractivity contribution in [3.63, 3.8) is 0 Å². The lowest BCUT2D eigenvalue weighted by molar-refractivity contribution is -0.117. The van der Waals surface area contributed by atoms with E-state index in [1.807, 2.05) is 11.0 Å². The molecule has 2 aromatic rings. The molecule has 8 heteroatoms. The van der Waals surface area contributed by atoms with Crippen LogP contribution in [0.3, 0.4) is 0 Å². The summed E-state index contributed by atoms with van der Waals surface area (Å²) in [7, 11) is 0. The molecule has 0 atom stereocenters. The highest BCUT2D eigenvalue weighted by Gasteiger charge is 2.23. The Labute approximate surface area is 161 Å². The second kappa shape index (κ2) is 7.62. The molecule has 0 bridgehead atoms. The van der Waals surface area contributed by atoms with Gasteiger partial charge < -0.3 is 10.2 Å². The minimum Gasteiger partial charge on any atom is -0.368 e. The van der Waals surface area contributed by atoms with E-state index in [1.54, 1.807) is 23.5 Å². The van der Waals surface area contributed by atoms with E-state index < -0.39 is 5.82 Å². The van der Waals surface area contributed by atoms with E-state index in [4.69, 9.17) is 0 Å². The zero-order valence-corrected chi connectivity index (χ0v) is 15.7. The molecular formula is C19H20FN5OS. The number of benzene rings is 1. The molecule has 0 spiro atoms. The molecule has 4 rings (SSSR count). The number of hydrogen-bond acceptors (Lipinski definition) is 6. The van der Waals surface area contributed by atoms with E-state index >= 15 is 0 Å². The van der Waals surface area contributed by atoms with Gasteiger partial charge in [-0.3, -0.25) is 9.69 Å². The molecular weight excluding hydrogens is 365 g/mol. The molecule has 1 aliphatic carbocycles. The number of nitrogens with one attached hydrogen (secondary N) is 1. The van der Waals surface area contributed by atoms with Gasteiger partial charge in [-0.05, 0) is 31.4 Å². The summed E-state index contributed by atoms with van der Waals surface area (Å²) in [5.74, 6) is -0.550. The number of anilines is 2. The molecule has 1 aromatic carbocycles. The lowest BCUT2D eigenvalue weighted by Gasteiger charge is -2.36. The molecule has 0 saturated carbocycles. The number of aromatic nitrogens is 1. The summed E-state index contributed by atoms with van der Waals surface area (Å²) >= 11 is 1.58. The molecule has 1 saturated heterocycles. The fourth-order valence-electron chi connectivity index (χ4n) is 3.64. The van der Waals surface area contributed by atoms with Crippen molar-refractivity contribution in [1.29, 1.82) is 5.26 Å². The number of nitriles is 1. The molecule has 6 nitrogen and oxygen atoms in total. The molecule has 140 valence electrons. The van der Waals surface area contributed by atoms with Gasteiger partial charge in [-0.2, -0.15) is 5.26 Å². The zero-order chi connectivity index (χ0) is 18.8. The minimum absolute atomic E-state index is 0.0562. The Balaban J connectivity index is 1.31. The molecule has 27 heavy (non-hydrogen) atoms. The standard InChI is InChI=1S/C19H20FN5OS/c20-14-3-1-5-16(13(14)11-21)25-9-7-24(8-10-25)12-18(26)23-19-22-15-4-2-6-17(15)27-19/h1,3,5H,2,4,6-10,12H2,(H,22,23,26). The van der Waals surface area contributed by atoms with Crippen LogP contribution in [0.2, 0.25) is 0 Å². The van der Waals surface area contributed by atoms with Crippen molar-refractivity contribution in [1.82, 2.24) is 9.88 Å². The van der Waals surface area contributed by atoms with E-state index in [2.05, 4.69) is 15.2 Å². The fraction of sp³-hybridized carbons (Fsp3) is 0.421. The normalized spacial score (nSPS) is 16.8. The number of aryl methyl sites for hydroxylation is 2. The Hall–Kier alpha value is -2.50. The van der Waals surface area contributed by atoms with Crippen LogP contribution in [-0.2, 0) is 17.6 Å². The van der Waals surface area contributed by atoms with Crippen molar-refractivity contribution < 1.29 is 9.18 Å². The Bertz CT molecular complexity index is 876. The van der Waals surface area contributed by atoms with Crippen molar-refractivity contribution in [2.75, 3.05) is 42.9 Å². The molecule has 2 aliphatic rings. The number of fused-ring (bicyclic) bond motifs is 1. The van der Waals surface area contributed by atoms with Crippen LogP contribution in [0.5, 0.6) is 0 Å². The van der Waals surface area contributed by atoms with E-state index in [9.17, 15) is 14.4 Å². The summed E-state index contributed by atoms with van der Waals surface area (Å²) in [6, 6.07) is 6.64. The van der Waals surface area contributed by atoms with Crippen molar-refractivity contribution in [2.45, 2.75) is 19.3 Å². The van der Waals surface area contributed by atoms with Gasteiger partial charge in [-0.15, -0.1) is 11.3 Å². The summed E-state index contributed by atoms with van der Waals surface area (Å²) < 4.78 is 13.8. The maximum atomic E-state index is 13.8. The Kier molecular flexibility index (Phi) is 5.05. The van der Waals surface area contributed by atoms with Gasteiger partial charge in [0, 0.05) is 31.1 Å². The molecule has 0 radical (unpaired) electrons. The third-order valence-corrected chi connectivity index (χ3v) is 6.10. The minimum atomic E-state index is -0.493. The van der Waals surface area contributed by atoms with Gasteiger partial charge in [-0.1, -0.05) is 6.07 Å². The third-order valence-electron chi connectivity index (χ3n) is 5.03. The van der Waals surface area contributed by atoms with Crippen LogP contribution in [0.15, 0.2) is 18.2 Å². The van der Waals surface area contributed by atoms with Gasteiger partial charge in [0.1, 0.15) is 17.4 Å². The maximum Gasteiger partial charge on any atom is 0.240 e. The SMILES string of the molecule is N#Cc1c(F)cccc1N1CCN(CC(=O)Nc2nc3c(s2)CCC3)CC1. The highest BCUT2D eigenvalue weighted by Crippen LogP contribution is 2.30. The number of rotatable bonds is 4. The van der Waals surface area contributed by atoms with Crippen LogP contribution in [0, 0.1) is 17.1 Å². The average molecular weight is 385 g/mol. The van der Waals surface area contributed by atoms with Crippen LogP contribution in [0.4, 0.5) is 15.2 Å². The number of nitrogens with zero attached hydrogens (tertiary/aromatic N) is 4. The lowest BCUT2D eigenvalue weighted by atomic mass is 10.1.